The molecule has 1 spiro atoms. The van der Waals surface area contributed by atoms with Gasteiger partial charge in [-0.25, -0.2) is 4.98 Å². The Morgan fingerprint density at radius 2 is 1.49 bits per heavy atom. The van der Waals surface area contributed by atoms with Crippen LogP contribution in [0.25, 0.3) is 0 Å². The number of amides is 4. The van der Waals surface area contributed by atoms with Crippen LogP contribution in [0.1, 0.15) is 71.4 Å². The molecule has 5 saturated heterocycles. The number of rotatable bonds is 8. The topological polar surface area (TPSA) is 145 Å². The number of aromatic nitrogens is 1. The van der Waals surface area contributed by atoms with Crippen LogP contribution >= 0.6 is 11.6 Å². The number of carbonyl (C=O) groups is 4. The molecule has 1 unspecified atom stereocenters. The maximum atomic E-state index is 13.5. The summed E-state index contributed by atoms with van der Waals surface area (Å²) in [5, 5.41) is 14.7. The number of nitriles is 1. The Morgan fingerprint density at radius 3 is 2.14 bits per heavy atom. The third-order valence-electron chi connectivity index (χ3n) is 12.9. The van der Waals surface area contributed by atoms with Gasteiger partial charge in [0.05, 0.1) is 22.5 Å². The normalized spacial score (nSPS) is 21.7. The first-order chi connectivity index (χ1) is 27.6. The van der Waals surface area contributed by atoms with Crippen molar-refractivity contribution < 1.29 is 19.2 Å². The minimum atomic E-state index is -0.731. The number of nitrogens with one attached hydrogen (secondary N) is 2. The first-order valence-electron chi connectivity index (χ1n) is 20.3. The van der Waals surface area contributed by atoms with E-state index < -0.39 is 17.9 Å². The van der Waals surface area contributed by atoms with Gasteiger partial charge in [-0.1, -0.05) is 11.6 Å². The standard InChI is InChI=1S/C43H50ClN9O4/c44-36-25-34(6-3-32(36)26-45)53-20-15-43(29-53)13-18-50(19-14-43)33-4-1-31(2-5-33)42(57)52-16-11-30(12-17-52)28-49-21-23-51(24-22-49)35-7-8-37(46-27-35)40(55)47-38-9-10-39(54)48-41(38)56/h1-8,25,27,30,38H,9-24,28-29H2,(H,47,55)(H,48,54,56). The lowest BCUT2D eigenvalue weighted by molar-refractivity contribution is -0.134. The van der Waals surface area contributed by atoms with E-state index in [1.165, 1.54) is 5.69 Å². The molecule has 2 aromatic carbocycles. The third-order valence-corrected chi connectivity index (χ3v) is 13.2. The Balaban J connectivity index is 0.742. The van der Waals surface area contributed by atoms with Gasteiger partial charge >= 0.3 is 0 Å². The zero-order valence-corrected chi connectivity index (χ0v) is 33.1. The van der Waals surface area contributed by atoms with Crippen LogP contribution in [0, 0.1) is 22.7 Å². The van der Waals surface area contributed by atoms with Crippen molar-refractivity contribution in [2.45, 2.75) is 51.0 Å². The van der Waals surface area contributed by atoms with Crippen LogP contribution in [0.3, 0.4) is 0 Å². The Bertz CT molecular complexity index is 2010. The number of anilines is 3. The fourth-order valence-corrected chi connectivity index (χ4v) is 9.45. The van der Waals surface area contributed by atoms with Crippen LogP contribution < -0.4 is 25.3 Å². The highest BCUT2D eigenvalue weighted by atomic mass is 35.5. The number of likely N-dealkylation sites (tertiary alicyclic amines) is 1. The van der Waals surface area contributed by atoms with E-state index >= 15 is 0 Å². The molecule has 2 N–H and O–H groups in total. The maximum absolute atomic E-state index is 13.5. The molecule has 5 aliphatic heterocycles. The van der Waals surface area contributed by atoms with Crippen molar-refractivity contribution >= 4 is 52.3 Å². The van der Waals surface area contributed by atoms with Gasteiger partial charge < -0.3 is 24.9 Å². The largest absolute Gasteiger partial charge is 0.371 e. The van der Waals surface area contributed by atoms with E-state index in [1.54, 1.807) is 12.3 Å². The molecule has 5 aliphatic rings. The number of hydrogen-bond donors (Lipinski definition) is 2. The van der Waals surface area contributed by atoms with Gasteiger partial charge in [-0.05, 0) is 104 Å². The van der Waals surface area contributed by atoms with Crippen LogP contribution in [-0.2, 0) is 9.59 Å². The fraction of sp³-hybridized carbons (Fsp3) is 0.488. The summed E-state index contributed by atoms with van der Waals surface area (Å²) in [6.07, 6.45) is 7.61. The molecule has 3 aromatic rings. The molecule has 8 rings (SSSR count). The van der Waals surface area contributed by atoms with E-state index in [4.69, 9.17) is 11.6 Å². The van der Waals surface area contributed by atoms with E-state index in [0.717, 1.165) is 121 Å². The van der Waals surface area contributed by atoms with Crippen LogP contribution in [0.5, 0.6) is 0 Å². The average Bonchev–Trinajstić information content (AvgIpc) is 3.65. The molecule has 5 fully saturated rings. The Hall–Kier alpha value is -5.19. The summed E-state index contributed by atoms with van der Waals surface area (Å²) in [5.41, 5.74) is 5.04. The lowest BCUT2D eigenvalue weighted by atomic mass is 9.77. The van der Waals surface area contributed by atoms with Gasteiger partial charge in [0.15, 0.2) is 0 Å². The molecule has 6 heterocycles. The summed E-state index contributed by atoms with van der Waals surface area (Å²) in [4.78, 5) is 65.6. The number of carbonyl (C=O) groups excluding carboxylic acids is 4. The molecule has 0 radical (unpaired) electrons. The number of halogens is 1. The summed E-state index contributed by atoms with van der Waals surface area (Å²) >= 11 is 6.33. The Morgan fingerprint density at radius 1 is 0.825 bits per heavy atom. The first kappa shape index (κ1) is 38.7. The van der Waals surface area contributed by atoms with Crippen molar-refractivity contribution in [2.75, 3.05) is 86.7 Å². The van der Waals surface area contributed by atoms with Gasteiger partial charge in [-0.2, -0.15) is 5.26 Å². The Kier molecular flexibility index (Phi) is 11.3. The van der Waals surface area contributed by atoms with Gasteiger partial charge in [0, 0.05) is 95.4 Å². The fourth-order valence-electron chi connectivity index (χ4n) is 9.23. The zero-order chi connectivity index (χ0) is 39.5. The second-order valence-corrected chi connectivity index (χ2v) is 16.8. The van der Waals surface area contributed by atoms with Crippen LogP contribution in [0.4, 0.5) is 17.1 Å². The minimum Gasteiger partial charge on any atom is -0.371 e. The predicted octanol–water partition coefficient (Wildman–Crippen LogP) is 4.31. The molecule has 57 heavy (non-hydrogen) atoms. The van der Waals surface area contributed by atoms with Gasteiger partial charge in [0.1, 0.15) is 17.8 Å². The lowest BCUT2D eigenvalue weighted by Gasteiger charge is -2.40. The minimum absolute atomic E-state index is 0.119. The number of nitrogens with zero attached hydrogens (tertiary/aromatic N) is 7. The molecule has 1 aromatic heterocycles. The monoisotopic (exact) mass is 791 g/mol. The smallest absolute Gasteiger partial charge is 0.270 e. The quantitative estimate of drug-likeness (QED) is 0.317. The van der Waals surface area contributed by atoms with E-state index in [9.17, 15) is 24.4 Å². The van der Waals surface area contributed by atoms with Crippen molar-refractivity contribution in [3.05, 3.63) is 82.6 Å². The first-order valence-corrected chi connectivity index (χ1v) is 20.7. The van der Waals surface area contributed by atoms with E-state index in [2.05, 4.69) is 53.4 Å². The summed E-state index contributed by atoms with van der Waals surface area (Å²) in [6, 6.07) is 19.0. The number of piperazine rings is 1. The molecule has 0 bridgehead atoms. The van der Waals surface area contributed by atoms with Crippen LogP contribution in [0.15, 0.2) is 60.8 Å². The highest BCUT2D eigenvalue weighted by molar-refractivity contribution is 6.32. The van der Waals surface area contributed by atoms with Gasteiger partial charge in [0.2, 0.25) is 11.8 Å². The number of pyridine rings is 1. The molecule has 298 valence electrons. The SMILES string of the molecule is N#Cc1ccc(N2CCC3(CCN(c4ccc(C(=O)N5CCC(CN6CCN(c7ccc(C(=O)NC8CCC(=O)NC8=O)nc7)CC6)CC5)cc4)CC3)C2)cc1Cl. The van der Waals surface area contributed by atoms with Crippen LogP contribution in [-0.4, -0.2) is 116 Å². The maximum Gasteiger partial charge on any atom is 0.270 e. The van der Waals surface area contributed by atoms with Crippen molar-refractivity contribution in [2.24, 2.45) is 11.3 Å². The van der Waals surface area contributed by atoms with E-state index in [1.807, 2.05) is 41.3 Å². The van der Waals surface area contributed by atoms with Crippen molar-refractivity contribution in [1.82, 2.24) is 25.4 Å². The summed E-state index contributed by atoms with van der Waals surface area (Å²) in [5.74, 6) is -0.557. The average molecular weight is 792 g/mol. The zero-order valence-electron chi connectivity index (χ0n) is 32.3. The highest BCUT2D eigenvalue weighted by Gasteiger charge is 2.41. The van der Waals surface area contributed by atoms with Gasteiger partial charge in [-0.15, -0.1) is 0 Å². The van der Waals surface area contributed by atoms with Crippen molar-refractivity contribution in [3.63, 3.8) is 0 Å². The third kappa shape index (κ3) is 8.72. The van der Waals surface area contributed by atoms with Crippen molar-refractivity contribution in [1.29, 1.82) is 5.26 Å². The number of piperidine rings is 3. The summed E-state index contributed by atoms with van der Waals surface area (Å²) < 4.78 is 0. The summed E-state index contributed by atoms with van der Waals surface area (Å²) in [7, 11) is 0. The van der Waals surface area contributed by atoms with E-state index in [-0.39, 0.29) is 30.3 Å². The molecule has 13 nitrogen and oxygen atoms in total. The molecular formula is C43H50ClN9O4. The molecule has 0 aliphatic carbocycles. The lowest BCUT2D eigenvalue weighted by Crippen LogP contribution is -2.52. The molecule has 0 saturated carbocycles. The predicted molar refractivity (Wildman–Crippen MR) is 218 cm³/mol. The molecule has 14 heteroatoms. The van der Waals surface area contributed by atoms with Gasteiger partial charge in [0.25, 0.3) is 11.8 Å². The summed E-state index contributed by atoms with van der Waals surface area (Å²) in [6.45, 7) is 10.2. The number of imide groups is 1. The molecule has 1 atom stereocenters. The van der Waals surface area contributed by atoms with Crippen LogP contribution in [0.2, 0.25) is 5.02 Å². The second-order valence-electron chi connectivity index (χ2n) is 16.4. The van der Waals surface area contributed by atoms with E-state index in [0.29, 0.717) is 21.9 Å². The number of benzene rings is 2. The Labute approximate surface area is 338 Å². The van der Waals surface area contributed by atoms with Gasteiger partial charge in [-0.3, -0.25) is 29.4 Å². The molecule has 4 amide bonds. The van der Waals surface area contributed by atoms with Crippen molar-refractivity contribution in [3.8, 4) is 6.07 Å². The highest BCUT2D eigenvalue weighted by Crippen LogP contribution is 2.43. The second kappa shape index (κ2) is 16.7. The number of hydrogen-bond acceptors (Lipinski definition) is 10. The molecular weight excluding hydrogens is 742 g/mol.